The molecule has 2 N–H and O–H groups in total. The number of amides is 2. The molecule has 0 saturated heterocycles. The minimum absolute atomic E-state index is 0.0547. The number of rotatable bonds is 3. The molecule has 1 aliphatic heterocycles. The van der Waals surface area contributed by atoms with Crippen LogP contribution in [0.3, 0.4) is 0 Å². The molecule has 140 valence electrons. The highest BCUT2D eigenvalue weighted by molar-refractivity contribution is 5.94. The third-order valence-corrected chi connectivity index (χ3v) is 5.31. The van der Waals surface area contributed by atoms with Gasteiger partial charge < -0.3 is 19.7 Å². The second-order valence-corrected chi connectivity index (χ2v) is 7.06. The standard InChI is InChI=1S/C21H24N4O2/c1-13-18(15(3)27-24-13)12-22-21(26)25-10-8-16(9-11-25)20-14(2)23-19-7-5-4-6-17(19)20/h4-8,23H,9-12H2,1-3H3,(H,22,26). The summed E-state index contributed by atoms with van der Waals surface area (Å²) < 4.78 is 5.15. The summed E-state index contributed by atoms with van der Waals surface area (Å²) in [7, 11) is 0. The van der Waals surface area contributed by atoms with Gasteiger partial charge in [-0.3, -0.25) is 0 Å². The molecular formula is C21H24N4O2. The molecule has 1 aliphatic rings. The zero-order valence-electron chi connectivity index (χ0n) is 15.9. The van der Waals surface area contributed by atoms with Gasteiger partial charge in [-0.25, -0.2) is 4.79 Å². The van der Waals surface area contributed by atoms with Crippen LogP contribution in [0.4, 0.5) is 4.79 Å². The maximum absolute atomic E-state index is 12.5. The molecule has 2 aromatic heterocycles. The SMILES string of the molecule is Cc1noc(C)c1CNC(=O)N1CC=C(c2c(C)[nH]c3ccccc23)CC1. The summed E-state index contributed by atoms with van der Waals surface area (Å²) >= 11 is 0. The quantitative estimate of drug-likeness (QED) is 0.735. The van der Waals surface area contributed by atoms with E-state index in [0.717, 1.165) is 29.0 Å². The number of carbonyl (C=O) groups excluding carboxylic acids is 1. The van der Waals surface area contributed by atoms with Crippen molar-refractivity contribution in [1.29, 1.82) is 0 Å². The van der Waals surface area contributed by atoms with E-state index in [1.54, 1.807) is 0 Å². The maximum atomic E-state index is 12.5. The summed E-state index contributed by atoms with van der Waals surface area (Å²) in [6.45, 7) is 7.62. The average Bonchev–Trinajstić information content (AvgIpc) is 3.18. The molecule has 0 saturated carbocycles. The van der Waals surface area contributed by atoms with Crippen LogP contribution in [0.5, 0.6) is 0 Å². The van der Waals surface area contributed by atoms with Gasteiger partial charge in [0, 0.05) is 47.4 Å². The normalized spacial score (nSPS) is 14.5. The summed E-state index contributed by atoms with van der Waals surface area (Å²) in [5, 5.41) is 8.15. The number of carbonyl (C=O) groups is 1. The van der Waals surface area contributed by atoms with E-state index < -0.39 is 0 Å². The van der Waals surface area contributed by atoms with Gasteiger partial charge in [-0.05, 0) is 38.8 Å². The number of benzene rings is 1. The average molecular weight is 364 g/mol. The first kappa shape index (κ1) is 17.4. The second kappa shape index (κ2) is 6.95. The lowest BCUT2D eigenvalue weighted by Crippen LogP contribution is -2.41. The Morgan fingerprint density at radius 2 is 2.11 bits per heavy atom. The molecule has 0 fully saturated rings. The van der Waals surface area contributed by atoms with Gasteiger partial charge in [-0.1, -0.05) is 29.4 Å². The summed E-state index contributed by atoms with van der Waals surface area (Å²) in [5.74, 6) is 0.753. The van der Waals surface area contributed by atoms with Crippen molar-refractivity contribution in [2.45, 2.75) is 33.7 Å². The smallest absolute Gasteiger partial charge is 0.317 e. The van der Waals surface area contributed by atoms with Crippen molar-refractivity contribution < 1.29 is 9.32 Å². The van der Waals surface area contributed by atoms with Crippen molar-refractivity contribution in [2.24, 2.45) is 0 Å². The Hall–Kier alpha value is -3.02. The van der Waals surface area contributed by atoms with Crippen LogP contribution in [0.1, 0.15) is 34.7 Å². The summed E-state index contributed by atoms with van der Waals surface area (Å²) in [6, 6.07) is 8.31. The number of H-pyrrole nitrogens is 1. The summed E-state index contributed by atoms with van der Waals surface area (Å²) in [4.78, 5) is 17.8. The highest BCUT2D eigenvalue weighted by atomic mass is 16.5. The number of aromatic nitrogens is 2. The van der Waals surface area contributed by atoms with Crippen LogP contribution < -0.4 is 5.32 Å². The highest BCUT2D eigenvalue weighted by Gasteiger charge is 2.21. The Balaban J connectivity index is 1.45. The first-order valence-corrected chi connectivity index (χ1v) is 9.26. The molecule has 3 heterocycles. The molecule has 3 aromatic rings. The Bertz CT molecular complexity index is 1010. The van der Waals surface area contributed by atoms with E-state index in [1.165, 1.54) is 22.2 Å². The third-order valence-electron chi connectivity index (χ3n) is 5.31. The number of hydrogen-bond donors (Lipinski definition) is 2. The van der Waals surface area contributed by atoms with Gasteiger partial charge in [-0.2, -0.15) is 0 Å². The van der Waals surface area contributed by atoms with Crippen LogP contribution in [0.15, 0.2) is 34.9 Å². The zero-order valence-corrected chi connectivity index (χ0v) is 15.9. The Morgan fingerprint density at radius 1 is 1.30 bits per heavy atom. The topological polar surface area (TPSA) is 74.2 Å². The van der Waals surface area contributed by atoms with Crippen LogP contribution in [0.2, 0.25) is 0 Å². The zero-order chi connectivity index (χ0) is 19.0. The number of nitrogens with zero attached hydrogens (tertiary/aromatic N) is 2. The monoisotopic (exact) mass is 364 g/mol. The first-order chi connectivity index (χ1) is 13.0. The predicted molar refractivity (Wildman–Crippen MR) is 105 cm³/mol. The minimum atomic E-state index is -0.0547. The fourth-order valence-electron chi connectivity index (χ4n) is 3.80. The van der Waals surface area contributed by atoms with Crippen LogP contribution in [-0.4, -0.2) is 34.2 Å². The molecular weight excluding hydrogens is 340 g/mol. The molecule has 2 amide bonds. The number of hydrogen-bond acceptors (Lipinski definition) is 3. The Morgan fingerprint density at radius 3 is 2.81 bits per heavy atom. The van der Waals surface area contributed by atoms with Crippen molar-refractivity contribution in [3.63, 3.8) is 0 Å². The Kier molecular flexibility index (Phi) is 4.48. The van der Waals surface area contributed by atoms with Crippen molar-refractivity contribution in [3.05, 3.63) is 58.6 Å². The van der Waals surface area contributed by atoms with Crippen LogP contribution in [0.25, 0.3) is 16.5 Å². The number of para-hydroxylation sites is 1. The number of aromatic amines is 1. The fourth-order valence-corrected chi connectivity index (χ4v) is 3.80. The molecule has 6 nitrogen and oxygen atoms in total. The lowest BCUT2D eigenvalue weighted by molar-refractivity contribution is 0.202. The van der Waals surface area contributed by atoms with Gasteiger partial charge >= 0.3 is 6.03 Å². The van der Waals surface area contributed by atoms with Crippen molar-refractivity contribution in [2.75, 3.05) is 13.1 Å². The molecule has 0 spiro atoms. The van der Waals surface area contributed by atoms with Gasteiger partial charge in [0.25, 0.3) is 0 Å². The number of urea groups is 1. The van der Waals surface area contributed by atoms with Gasteiger partial charge in [0.15, 0.2) is 0 Å². The lowest BCUT2D eigenvalue weighted by Gasteiger charge is -2.27. The maximum Gasteiger partial charge on any atom is 0.317 e. The van der Waals surface area contributed by atoms with E-state index in [1.807, 2.05) is 24.8 Å². The molecule has 0 atom stereocenters. The van der Waals surface area contributed by atoms with Crippen LogP contribution in [0, 0.1) is 20.8 Å². The van der Waals surface area contributed by atoms with Gasteiger partial charge in [0.2, 0.25) is 0 Å². The molecule has 4 rings (SSSR count). The molecule has 0 radical (unpaired) electrons. The minimum Gasteiger partial charge on any atom is -0.361 e. The van der Waals surface area contributed by atoms with Crippen molar-refractivity contribution in [3.8, 4) is 0 Å². The third kappa shape index (κ3) is 3.23. The fraction of sp³-hybridized carbons (Fsp3) is 0.333. The van der Waals surface area contributed by atoms with Gasteiger partial charge in [0.1, 0.15) is 5.76 Å². The largest absolute Gasteiger partial charge is 0.361 e. The number of aryl methyl sites for hydroxylation is 3. The van der Waals surface area contributed by atoms with Crippen molar-refractivity contribution >= 4 is 22.5 Å². The van der Waals surface area contributed by atoms with Gasteiger partial charge in [-0.15, -0.1) is 0 Å². The molecule has 1 aromatic carbocycles. The molecule has 27 heavy (non-hydrogen) atoms. The highest BCUT2D eigenvalue weighted by Crippen LogP contribution is 2.32. The van der Waals surface area contributed by atoms with Crippen LogP contribution in [-0.2, 0) is 6.54 Å². The van der Waals surface area contributed by atoms with E-state index >= 15 is 0 Å². The van der Waals surface area contributed by atoms with E-state index in [0.29, 0.717) is 19.6 Å². The molecule has 6 heteroatoms. The predicted octanol–water partition coefficient (Wildman–Crippen LogP) is 4.08. The van der Waals surface area contributed by atoms with E-state index in [-0.39, 0.29) is 6.03 Å². The van der Waals surface area contributed by atoms with Crippen LogP contribution >= 0.6 is 0 Å². The number of nitrogens with one attached hydrogen (secondary N) is 2. The number of fused-ring (bicyclic) bond motifs is 1. The van der Waals surface area contributed by atoms with E-state index in [2.05, 4.69) is 46.7 Å². The first-order valence-electron chi connectivity index (χ1n) is 9.26. The molecule has 0 bridgehead atoms. The van der Waals surface area contributed by atoms with E-state index in [4.69, 9.17) is 4.52 Å². The molecule has 0 unspecified atom stereocenters. The summed E-state index contributed by atoms with van der Waals surface area (Å²) in [6.07, 6.45) is 3.02. The summed E-state index contributed by atoms with van der Waals surface area (Å²) in [5.41, 5.74) is 6.69. The van der Waals surface area contributed by atoms with Crippen molar-refractivity contribution in [1.82, 2.24) is 20.4 Å². The Labute approximate surface area is 158 Å². The van der Waals surface area contributed by atoms with E-state index in [9.17, 15) is 4.79 Å². The van der Waals surface area contributed by atoms with Gasteiger partial charge in [0.05, 0.1) is 5.69 Å². The lowest BCUT2D eigenvalue weighted by atomic mass is 9.97. The second-order valence-electron chi connectivity index (χ2n) is 7.06. The molecule has 0 aliphatic carbocycles.